The van der Waals surface area contributed by atoms with E-state index in [1.165, 1.54) is 6.33 Å². The minimum absolute atomic E-state index is 0.0804. The Kier molecular flexibility index (Phi) is 4.37. The Bertz CT molecular complexity index is 1030. The van der Waals surface area contributed by atoms with Crippen LogP contribution >= 0.6 is 23.2 Å². The van der Waals surface area contributed by atoms with Gasteiger partial charge in [-0.25, -0.2) is 4.68 Å². The molecule has 0 spiro atoms. The molecule has 1 aliphatic carbocycles. The van der Waals surface area contributed by atoms with E-state index in [-0.39, 0.29) is 23.9 Å². The Morgan fingerprint density at radius 2 is 1.75 bits per heavy atom. The van der Waals surface area contributed by atoms with Crippen molar-refractivity contribution < 1.29 is 4.79 Å². The minimum atomic E-state index is -0.150. The van der Waals surface area contributed by atoms with Crippen LogP contribution in [0.2, 0.25) is 10.0 Å². The number of hydrogen-bond donors (Lipinski definition) is 0. The molecule has 2 aromatic carbocycles. The Balaban J connectivity index is 1.64. The molecule has 2 heterocycles. The minimum Gasteiger partial charge on any atom is -0.274 e. The molecule has 5 rings (SSSR count). The lowest BCUT2D eigenvalue weighted by molar-refractivity contribution is -0.120. The molecule has 0 saturated heterocycles. The molecule has 1 aromatic heterocycles. The lowest BCUT2D eigenvalue weighted by Gasteiger charge is -2.39. The van der Waals surface area contributed by atoms with Gasteiger partial charge in [0.15, 0.2) is 0 Å². The van der Waals surface area contributed by atoms with Gasteiger partial charge >= 0.3 is 0 Å². The Morgan fingerprint density at radius 1 is 1.00 bits per heavy atom. The summed E-state index contributed by atoms with van der Waals surface area (Å²) in [5, 5.41) is 5.80. The van der Waals surface area contributed by atoms with E-state index in [4.69, 9.17) is 23.2 Å². The fourth-order valence-electron chi connectivity index (χ4n) is 3.95. The molecule has 2 atom stereocenters. The zero-order valence-electron chi connectivity index (χ0n) is 15.0. The molecular formula is C21H18Cl2N4O. The first kappa shape index (κ1) is 17.7. The van der Waals surface area contributed by atoms with E-state index in [9.17, 15) is 4.79 Å². The first-order valence-corrected chi connectivity index (χ1v) is 10.1. The van der Waals surface area contributed by atoms with Crippen molar-refractivity contribution in [2.45, 2.75) is 31.3 Å². The summed E-state index contributed by atoms with van der Waals surface area (Å²) in [5.74, 6) is 0.775. The third kappa shape index (κ3) is 2.99. The van der Waals surface area contributed by atoms with Crippen LogP contribution in [0.25, 0.3) is 0 Å². The number of nitrogens with zero attached hydrogens (tertiary/aromatic N) is 4. The molecule has 5 nitrogen and oxygen atoms in total. The van der Waals surface area contributed by atoms with Crippen molar-refractivity contribution in [2.24, 2.45) is 5.92 Å². The second kappa shape index (κ2) is 6.90. The SMILES string of the molecule is O=C(C1CC1)N1c2ncnn2[C@H](c2ccccc2Cl)C[C@@H]1c1ccc(Cl)cc1. The second-order valence-electron chi connectivity index (χ2n) is 7.33. The lowest BCUT2D eigenvalue weighted by atomic mass is 9.91. The van der Waals surface area contributed by atoms with Crippen molar-refractivity contribution >= 4 is 35.1 Å². The van der Waals surface area contributed by atoms with Crippen LogP contribution in [0, 0.1) is 5.92 Å². The third-order valence-electron chi connectivity index (χ3n) is 5.51. The summed E-state index contributed by atoms with van der Waals surface area (Å²) in [6.07, 6.45) is 4.05. The van der Waals surface area contributed by atoms with Crippen LogP contribution in [0.15, 0.2) is 54.9 Å². The number of rotatable bonds is 3. The predicted octanol–water partition coefficient (Wildman–Crippen LogP) is 5.06. The number of aromatic nitrogens is 3. The largest absolute Gasteiger partial charge is 0.274 e. The van der Waals surface area contributed by atoms with Crippen LogP contribution in [-0.2, 0) is 4.79 Å². The summed E-state index contributed by atoms with van der Waals surface area (Å²) in [6.45, 7) is 0. The molecule has 0 unspecified atom stereocenters. The van der Waals surface area contributed by atoms with E-state index < -0.39 is 0 Å². The van der Waals surface area contributed by atoms with Crippen LogP contribution in [0.4, 0.5) is 5.95 Å². The summed E-state index contributed by atoms with van der Waals surface area (Å²) in [6, 6.07) is 15.2. The van der Waals surface area contributed by atoms with E-state index in [1.807, 2.05) is 58.1 Å². The summed E-state index contributed by atoms with van der Waals surface area (Å²) in [4.78, 5) is 19.5. The predicted molar refractivity (Wildman–Crippen MR) is 109 cm³/mol. The highest BCUT2D eigenvalue weighted by Gasteiger charge is 2.44. The standard InChI is InChI=1S/C21H18Cl2N4O/c22-15-9-7-13(8-10-15)18-11-19(16-3-1-2-4-17(16)23)27-21(24-12-25-27)26(18)20(28)14-5-6-14/h1-4,7-10,12,14,18-19H,5-6,11H2/t18-,19+/m1/s1. The van der Waals surface area contributed by atoms with Gasteiger partial charge in [-0.1, -0.05) is 53.5 Å². The van der Waals surface area contributed by atoms with Gasteiger partial charge in [-0.2, -0.15) is 10.1 Å². The average Bonchev–Trinajstić information content (AvgIpc) is 3.44. The van der Waals surface area contributed by atoms with Gasteiger partial charge in [-0.05, 0) is 48.6 Å². The lowest BCUT2D eigenvalue weighted by Crippen LogP contribution is -2.43. The Morgan fingerprint density at radius 3 is 2.46 bits per heavy atom. The molecule has 1 fully saturated rings. The maximum absolute atomic E-state index is 13.2. The van der Waals surface area contributed by atoms with Crippen molar-refractivity contribution in [1.29, 1.82) is 0 Å². The molecule has 1 aliphatic heterocycles. The first-order chi connectivity index (χ1) is 13.6. The molecule has 0 bridgehead atoms. The van der Waals surface area contributed by atoms with Gasteiger partial charge in [0.1, 0.15) is 6.33 Å². The summed E-state index contributed by atoms with van der Waals surface area (Å²) < 4.78 is 1.83. The van der Waals surface area contributed by atoms with E-state index >= 15 is 0 Å². The van der Waals surface area contributed by atoms with E-state index in [1.54, 1.807) is 0 Å². The Labute approximate surface area is 172 Å². The van der Waals surface area contributed by atoms with Crippen molar-refractivity contribution in [3.63, 3.8) is 0 Å². The molecule has 7 heteroatoms. The average molecular weight is 413 g/mol. The van der Waals surface area contributed by atoms with Gasteiger partial charge in [-0.3, -0.25) is 9.69 Å². The van der Waals surface area contributed by atoms with Gasteiger partial charge in [0.05, 0.1) is 12.1 Å². The zero-order valence-corrected chi connectivity index (χ0v) is 16.5. The number of hydrogen-bond acceptors (Lipinski definition) is 3. The summed E-state index contributed by atoms with van der Waals surface area (Å²) >= 11 is 12.6. The maximum Gasteiger partial charge on any atom is 0.233 e. The molecule has 1 amide bonds. The smallest absolute Gasteiger partial charge is 0.233 e. The molecule has 0 N–H and O–H groups in total. The van der Waals surface area contributed by atoms with Crippen molar-refractivity contribution in [3.05, 3.63) is 76.0 Å². The summed E-state index contributed by atoms with van der Waals surface area (Å²) in [5.41, 5.74) is 2.01. The highest BCUT2D eigenvalue weighted by molar-refractivity contribution is 6.31. The zero-order chi connectivity index (χ0) is 19.3. The normalized spacial score (nSPS) is 21.4. The number of amides is 1. The van der Waals surface area contributed by atoms with E-state index in [0.29, 0.717) is 22.4 Å². The van der Waals surface area contributed by atoms with E-state index in [0.717, 1.165) is 24.0 Å². The van der Waals surface area contributed by atoms with Crippen molar-refractivity contribution in [3.8, 4) is 0 Å². The molecule has 1 saturated carbocycles. The van der Waals surface area contributed by atoms with Gasteiger partial charge in [-0.15, -0.1) is 0 Å². The highest BCUT2D eigenvalue weighted by atomic mass is 35.5. The number of carbonyl (C=O) groups excluding carboxylic acids is 1. The molecule has 142 valence electrons. The maximum atomic E-state index is 13.2. The van der Waals surface area contributed by atoms with Crippen molar-refractivity contribution in [2.75, 3.05) is 4.90 Å². The van der Waals surface area contributed by atoms with Gasteiger partial charge < -0.3 is 0 Å². The van der Waals surface area contributed by atoms with Crippen LogP contribution in [-0.4, -0.2) is 20.7 Å². The fraction of sp³-hybridized carbons (Fsp3) is 0.286. The molecule has 0 radical (unpaired) electrons. The van der Waals surface area contributed by atoms with Crippen molar-refractivity contribution in [1.82, 2.24) is 14.8 Å². The van der Waals surface area contributed by atoms with Crippen LogP contribution < -0.4 is 4.90 Å². The summed E-state index contributed by atoms with van der Waals surface area (Å²) in [7, 11) is 0. The first-order valence-electron chi connectivity index (χ1n) is 9.36. The topological polar surface area (TPSA) is 51.0 Å². The number of carbonyl (C=O) groups is 1. The highest BCUT2D eigenvalue weighted by Crippen LogP contribution is 2.45. The Hall–Kier alpha value is -2.37. The number of benzene rings is 2. The van der Waals surface area contributed by atoms with E-state index in [2.05, 4.69) is 10.1 Å². The van der Waals surface area contributed by atoms with Gasteiger partial charge in [0.2, 0.25) is 11.9 Å². The molecular weight excluding hydrogens is 395 g/mol. The van der Waals surface area contributed by atoms with Crippen LogP contribution in [0.1, 0.15) is 42.5 Å². The molecule has 3 aromatic rings. The second-order valence-corrected chi connectivity index (χ2v) is 8.17. The number of halogens is 2. The van der Waals surface area contributed by atoms with Crippen LogP contribution in [0.5, 0.6) is 0 Å². The number of fused-ring (bicyclic) bond motifs is 1. The molecule has 28 heavy (non-hydrogen) atoms. The quantitative estimate of drug-likeness (QED) is 0.603. The molecule has 2 aliphatic rings. The number of anilines is 1. The van der Waals surface area contributed by atoms with Gasteiger partial charge in [0, 0.05) is 16.0 Å². The monoisotopic (exact) mass is 412 g/mol. The fourth-order valence-corrected chi connectivity index (χ4v) is 4.33. The van der Waals surface area contributed by atoms with Gasteiger partial charge in [0.25, 0.3) is 0 Å². The third-order valence-corrected chi connectivity index (χ3v) is 6.10. The van der Waals surface area contributed by atoms with Crippen LogP contribution in [0.3, 0.4) is 0 Å².